The van der Waals surface area contributed by atoms with E-state index in [-0.39, 0.29) is 21.8 Å². The number of nitro benzene ring substituents is 1. The Labute approximate surface area is 174 Å². The smallest absolute Gasteiger partial charge is 0.271 e. The molecule has 10 nitrogen and oxygen atoms in total. The van der Waals surface area contributed by atoms with Crippen LogP contribution in [0.5, 0.6) is 0 Å². The van der Waals surface area contributed by atoms with Crippen LogP contribution < -0.4 is 14.9 Å². The molecule has 0 atom stereocenters. The maximum absolute atomic E-state index is 12.7. The summed E-state index contributed by atoms with van der Waals surface area (Å²) in [7, 11) is -0.491. The fourth-order valence-electron chi connectivity index (χ4n) is 3.19. The van der Waals surface area contributed by atoms with Crippen molar-refractivity contribution in [2.75, 3.05) is 50.5 Å². The summed E-state index contributed by atoms with van der Waals surface area (Å²) in [5, 5.41) is 13.5. The van der Waals surface area contributed by atoms with Gasteiger partial charge in [-0.15, -0.1) is 0 Å². The van der Waals surface area contributed by atoms with Crippen LogP contribution in [0.2, 0.25) is 0 Å². The zero-order chi connectivity index (χ0) is 21.9. The largest absolute Gasteiger partial charge is 0.368 e. The number of hydrogen-bond donors (Lipinski definition) is 2. The lowest BCUT2D eigenvalue weighted by atomic mass is 10.1. The number of amides is 1. The van der Waals surface area contributed by atoms with Crippen molar-refractivity contribution in [1.29, 1.82) is 0 Å². The Hall–Kier alpha value is -3.02. The number of nitrogens with zero attached hydrogens (tertiary/aromatic N) is 3. The Morgan fingerprint density at radius 3 is 2.43 bits per heavy atom. The monoisotopic (exact) mass is 433 g/mol. The number of rotatable bonds is 6. The van der Waals surface area contributed by atoms with Gasteiger partial charge in [0.2, 0.25) is 10.0 Å². The maximum atomic E-state index is 12.7. The van der Waals surface area contributed by atoms with E-state index in [0.29, 0.717) is 18.8 Å². The third-order valence-electron chi connectivity index (χ3n) is 4.94. The highest BCUT2D eigenvalue weighted by molar-refractivity contribution is 7.89. The molecule has 2 aromatic carbocycles. The molecule has 1 saturated heterocycles. The van der Waals surface area contributed by atoms with Gasteiger partial charge in [0, 0.05) is 49.6 Å². The fourth-order valence-corrected chi connectivity index (χ4v) is 4.16. The molecule has 0 spiro atoms. The number of piperazine rings is 1. The number of likely N-dealkylation sites (N-methyl/N-ethyl adjacent to an activating group) is 1. The summed E-state index contributed by atoms with van der Waals surface area (Å²) >= 11 is 0. The first-order valence-corrected chi connectivity index (χ1v) is 10.8. The van der Waals surface area contributed by atoms with Gasteiger partial charge in [0.15, 0.2) is 0 Å². The number of carbonyl (C=O) groups excluding carboxylic acids is 1. The topological polar surface area (TPSA) is 125 Å². The van der Waals surface area contributed by atoms with Crippen molar-refractivity contribution in [3.8, 4) is 0 Å². The lowest BCUT2D eigenvalue weighted by Gasteiger charge is -2.35. The first kappa shape index (κ1) is 21.7. The second kappa shape index (κ2) is 8.78. The molecule has 0 aromatic heterocycles. The first-order chi connectivity index (χ1) is 14.2. The lowest BCUT2D eigenvalue weighted by Crippen LogP contribution is -2.45. The van der Waals surface area contributed by atoms with Crippen LogP contribution in [-0.4, -0.2) is 64.4 Å². The van der Waals surface area contributed by atoms with Crippen LogP contribution in [0.25, 0.3) is 0 Å². The highest BCUT2D eigenvalue weighted by Crippen LogP contribution is 2.28. The van der Waals surface area contributed by atoms with E-state index in [1.165, 1.54) is 37.4 Å². The van der Waals surface area contributed by atoms with Crippen molar-refractivity contribution >= 4 is 33.0 Å². The van der Waals surface area contributed by atoms with Crippen molar-refractivity contribution in [3.05, 3.63) is 58.1 Å². The number of hydrogen-bond acceptors (Lipinski definition) is 7. The quantitative estimate of drug-likeness (QED) is 0.522. The summed E-state index contributed by atoms with van der Waals surface area (Å²) in [6.45, 7) is 2.94. The predicted molar refractivity (Wildman–Crippen MR) is 113 cm³/mol. The summed E-state index contributed by atoms with van der Waals surface area (Å²) in [5.74, 6) is -0.562. The summed E-state index contributed by atoms with van der Waals surface area (Å²) in [5.41, 5.74) is 0.754. The zero-order valence-electron chi connectivity index (χ0n) is 16.7. The minimum atomic E-state index is -3.81. The number of nitrogens with one attached hydrogen (secondary N) is 2. The number of anilines is 2. The van der Waals surface area contributed by atoms with E-state index >= 15 is 0 Å². The predicted octanol–water partition coefficient (Wildman–Crippen LogP) is 1.51. The molecule has 1 amide bonds. The van der Waals surface area contributed by atoms with Gasteiger partial charge in [-0.05, 0) is 38.4 Å². The average Bonchev–Trinajstić information content (AvgIpc) is 2.74. The molecule has 30 heavy (non-hydrogen) atoms. The number of benzene rings is 2. The molecule has 2 aromatic rings. The molecule has 1 heterocycles. The van der Waals surface area contributed by atoms with E-state index < -0.39 is 20.9 Å². The Morgan fingerprint density at radius 1 is 1.10 bits per heavy atom. The van der Waals surface area contributed by atoms with Gasteiger partial charge in [0.1, 0.15) is 4.90 Å². The van der Waals surface area contributed by atoms with E-state index in [4.69, 9.17) is 0 Å². The Balaban J connectivity index is 1.92. The second-order valence-electron chi connectivity index (χ2n) is 6.94. The molecule has 11 heteroatoms. The lowest BCUT2D eigenvalue weighted by molar-refractivity contribution is -0.384. The van der Waals surface area contributed by atoms with E-state index in [9.17, 15) is 23.3 Å². The first-order valence-electron chi connectivity index (χ1n) is 9.28. The standard InChI is InChI=1S/C19H23N5O5S/c1-20-30(28,29)18-12-14(6-7-17(18)23-10-8-22(2)9-11-23)19(25)21-15-4-3-5-16(13-15)24(26)27/h3-7,12-13,20H,8-11H2,1-2H3,(H,21,25). The van der Waals surface area contributed by atoms with Gasteiger partial charge in [-0.1, -0.05) is 6.07 Å². The van der Waals surface area contributed by atoms with Gasteiger partial charge >= 0.3 is 0 Å². The molecule has 2 N–H and O–H groups in total. The minimum Gasteiger partial charge on any atom is -0.368 e. The minimum absolute atomic E-state index is 0.0150. The summed E-state index contributed by atoms with van der Waals surface area (Å²) in [6, 6.07) is 10.0. The van der Waals surface area contributed by atoms with Gasteiger partial charge in [-0.2, -0.15) is 0 Å². The maximum Gasteiger partial charge on any atom is 0.271 e. The van der Waals surface area contributed by atoms with Crippen LogP contribution in [0.15, 0.2) is 47.4 Å². The van der Waals surface area contributed by atoms with E-state index in [1.807, 2.05) is 11.9 Å². The molecule has 1 aliphatic heterocycles. The summed E-state index contributed by atoms with van der Waals surface area (Å²) in [6.07, 6.45) is 0. The Bertz CT molecular complexity index is 1060. The second-order valence-corrected chi connectivity index (χ2v) is 8.80. The fraction of sp³-hybridized carbons (Fsp3) is 0.316. The van der Waals surface area contributed by atoms with Crippen LogP contribution in [-0.2, 0) is 10.0 Å². The van der Waals surface area contributed by atoms with Crippen LogP contribution in [0, 0.1) is 10.1 Å². The van der Waals surface area contributed by atoms with Gasteiger partial charge in [0.25, 0.3) is 11.6 Å². The Morgan fingerprint density at radius 2 is 1.80 bits per heavy atom. The third-order valence-corrected chi connectivity index (χ3v) is 6.38. The van der Waals surface area contributed by atoms with E-state index in [0.717, 1.165) is 13.1 Å². The van der Waals surface area contributed by atoms with Crippen molar-refractivity contribution in [3.63, 3.8) is 0 Å². The van der Waals surface area contributed by atoms with Gasteiger partial charge in [-0.3, -0.25) is 14.9 Å². The van der Waals surface area contributed by atoms with Crippen molar-refractivity contribution in [2.24, 2.45) is 0 Å². The number of non-ortho nitro benzene ring substituents is 1. The summed E-state index contributed by atoms with van der Waals surface area (Å²) < 4.78 is 27.6. The van der Waals surface area contributed by atoms with Crippen LogP contribution in [0.1, 0.15) is 10.4 Å². The molecule has 160 valence electrons. The number of carbonyl (C=O) groups is 1. The van der Waals surface area contributed by atoms with E-state index in [2.05, 4.69) is 14.9 Å². The Kier molecular flexibility index (Phi) is 6.34. The van der Waals surface area contributed by atoms with Crippen LogP contribution in [0.3, 0.4) is 0 Å². The van der Waals surface area contributed by atoms with E-state index in [1.54, 1.807) is 12.1 Å². The molecule has 1 fully saturated rings. The van der Waals surface area contributed by atoms with Crippen LogP contribution in [0.4, 0.5) is 17.1 Å². The molecule has 0 bridgehead atoms. The SMILES string of the molecule is CNS(=O)(=O)c1cc(C(=O)Nc2cccc([N+](=O)[O-])c2)ccc1N1CCN(C)CC1. The molecular weight excluding hydrogens is 410 g/mol. The molecular formula is C19H23N5O5S. The average molecular weight is 433 g/mol. The van der Waals surface area contributed by atoms with Crippen molar-refractivity contribution in [2.45, 2.75) is 4.90 Å². The van der Waals surface area contributed by atoms with Crippen LogP contribution >= 0.6 is 0 Å². The van der Waals surface area contributed by atoms with Crippen molar-refractivity contribution in [1.82, 2.24) is 9.62 Å². The van der Waals surface area contributed by atoms with Gasteiger partial charge in [0.05, 0.1) is 10.6 Å². The molecule has 0 unspecified atom stereocenters. The molecule has 0 aliphatic carbocycles. The van der Waals surface area contributed by atoms with Crippen molar-refractivity contribution < 1.29 is 18.1 Å². The zero-order valence-corrected chi connectivity index (χ0v) is 17.5. The highest BCUT2D eigenvalue weighted by Gasteiger charge is 2.25. The van der Waals surface area contributed by atoms with Gasteiger partial charge < -0.3 is 15.1 Å². The third kappa shape index (κ3) is 4.75. The van der Waals surface area contributed by atoms with Gasteiger partial charge in [-0.25, -0.2) is 13.1 Å². The molecule has 1 aliphatic rings. The molecule has 3 rings (SSSR count). The molecule has 0 saturated carbocycles. The number of sulfonamides is 1. The highest BCUT2D eigenvalue weighted by atomic mass is 32.2. The molecule has 0 radical (unpaired) electrons. The normalized spacial score (nSPS) is 15.1. The summed E-state index contributed by atoms with van der Waals surface area (Å²) in [4.78, 5) is 27.2. The number of nitro groups is 1.